The van der Waals surface area contributed by atoms with Crippen molar-refractivity contribution >= 4 is 28.3 Å². The summed E-state index contributed by atoms with van der Waals surface area (Å²) in [4.78, 5) is 26.5. The van der Waals surface area contributed by atoms with Crippen molar-refractivity contribution in [3.05, 3.63) is 78.4 Å². The molecule has 1 fully saturated rings. The van der Waals surface area contributed by atoms with Gasteiger partial charge in [-0.15, -0.1) is 0 Å². The fourth-order valence-corrected chi connectivity index (χ4v) is 3.56. The maximum Gasteiger partial charge on any atom is 0.229 e. The Labute approximate surface area is 152 Å². The van der Waals surface area contributed by atoms with Crippen molar-refractivity contribution in [1.29, 1.82) is 0 Å². The Morgan fingerprint density at radius 2 is 1.69 bits per heavy atom. The number of nitrogens with zero attached hydrogens (tertiary/aromatic N) is 1. The van der Waals surface area contributed by atoms with Gasteiger partial charge in [0.2, 0.25) is 11.8 Å². The summed E-state index contributed by atoms with van der Waals surface area (Å²) < 4.78 is 0. The Morgan fingerprint density at radius 3 is 2.54 bits per heavy atom. The normalized spacial score (nSPS) is 16.8. The van der Waals surface area contributed by atoms with Gasteiger partial charge >= 0.3 is 0 Å². The second kappa shape index (κ2) is 7.00. The number of fused-ring (bicyclic) bond motifs is 1. The Kier molecular flexibility index (Phi) is 4.40. The first-order chi connectivity index (χ1) is 12.7. The van der Waals surface area contributed by atoms with E-state index in [0.29, 0.717) is 19.4 Å². The van der Waals surface area contributed by atoms with Crippen LogP contribution in [0.2, 0.25) is 0 Å². The van der Waals surface area contributed by atoms with Gasteiger partial charge in [-0.3, -0.25) is 9.59 Å². The number of para-hydroxylation sites is 1. The van der Waals surface area contributed by atoms with Crippen LogP contribution in [-0.4, -0.2) is 24.4 Å². The number of amides is 2. The molecule has 0 spiro atoms. The van der Waals surface area contributed by atoms with E-state index in [4.69, 9.17) is 0 Å². The summed E-state index contributed by atoms with van der Waals surface area (Å²) in [5.41, 5.74) is 1.88. The van der Waals surface area contributed by atoms with Crippen molar-refractivity contribution in [3.63, 3.8) is 0 Å². The van der Waals surface area contributed by atoms with Crippen molar-refractivity contribution in [1.82, 2.24) is 5.32 Å². The molecule has 4 nitrogen and oxygen atoms in total. The number of carbonyl (C=O) groups excluding carboxylic acids is 2. The average molecular weight is 344 g/mol. The molecular weight excluding hydrogens is 324 g/mol. The van der Waals surface area contributed by atoms with E-state index >= 15 is 0 Å². The Balaban J connectivity index is 1.43. The zero-order valence-corrected chi connectivity index (χ0v) is 14.4. The topological polar surface area (TPSA) is 49.4 Å². The molecule has 4 heteroatoms. The summed E-state index contributed by atoms with van der Waals surface area (Å²) in [5, 5.41) is 5.25. The van der Waals surface area contributed by atoms with Crippen LogP contribution in [0.4, 0.5) is 5.69 Å². The zero-order valence-electron chi connectivity index (χ0n) is 14.4. The molecule has 130 valence electrons. The molecule has 3 aromatic rings. The predicted octanol–water partition coefficient (Wildman–Crippen LogP) is 3.30. The Bertz CT molecular complexity index is 947. The lowest BCUT2D eigenvalue weighted by molar-refractivity contribution is -0.121. The SMILES string of the molecule is O=C(Cc1cccc2ccccc12)NC1CC(=O)N(c2ccccc2)C1. The van der Waals surface area contributed by atoms with Crippen LogP contribution in [0.3, 0.4) is 0 Å². The van der Waals surface area contributed by atoms with E-state index in [1.165, 1.54) is 0 Å². The highest BCUT2D eigenvalue weighted by Crippen LogP contribution is 2.22. The molecule has 1 saturated heterocycles. The monoisotopic (exact) mass is 344 g/mol. The van der Waals surface area contributed by atoms with Gasteiger partial charge in [0.15, 0.2) is 0 Å². The lowest BCUT2D eigenvalue weighted by atomic mass is 10.0. The molecule has 1 heterocycles. The van der Waals surface area contributed by atoms with Gasteiger partial charge in [0.1, 0.15) is 0 Å². The van der Waals surface area contributed by atoms with Crippen LogP contribution in [0, 0.1) is 0 Å². The van der Waals surface area contributed by atoms with E-state index < -0.39 is 0 Å². The number of anilines is 1. The summed E-state index contributed by atoms with van der Waals surface area (Å²) in [7, 11) is 0. The molecule has 1 N–H and O–H groups in total. The van der Waals surface area contributed by atoms with E-state index in [9.17, 15) is 9.59 Å². The molecule has 1 atom stereocenters. The molecule has 26 heavy (non-hydrogen) atoms. The van der Waals surface area contributed by atoms with Crippen molar-refractivity contribution in [2.24, 2.45) is 0 Å². The van der Waals surface area contributed by atoms with E-state index in [1.54, 1.807) is 4.90 Å². The Morgan fingerprint density at radius 1 is 0.962 bits per heavy atom. The van der Waals surface area contributed by atoms with E-state index in [1.807, 2.05) is 72.8 Å². The lowest BCUT2D eigenvalue weighted by Crippen LogP contribution is -2.38. The first-order valence-electron chi connectivity index (χ1n) is 8.82. The number of hydrogen-bond acceptors (Lipinski definition) is 2. The van der Waals surface area contributed by atoms with Crippen molar-refractivity contribution in [2.45, 2.75) is 18.9 Å². The standard InChI is InChI=1S/C22H20N2O2/c25-21(13-17-9-6-8-16-7-4-5-12-20(16)17)23-18-14-22(26)24(15-18)19-10-2-1-3-11-19/h1-12,18H,13-15H2,(H,23,25). The van der Waals surface area contributed by atoms with Gasteiger partial charge in [0.05, 0.1) is 12.5 Å². The third-order valence-electron chi connectivity index (χ3n) is 4.79. The summed E-state index contributed by atoms with van der Waals surface area (Å²) in [6.45, 7) is 0.518. The molecule has 3 aromatic carbocycles. The number of benzene rings is 3. The quantitative estimate of drug-likeness (QED) is 0.789. The van der Waals surface area contributed by atoms with Crippen LogP contribution in [0.5, 0.6) is 0 Å². The fourth-order valence-electron chi connectivity index (χ4n) is 3.56. The van der Waals surface area contributed by atoms with Gasteiger partial charge in [-0.1, -0.05) is 60.7 Å². The van der Waals surface area contributed by atoms with Gasteiger partial charge in [0, 0.05) is 18.7 Å². The highest BCUT2D eigenvalue weighted by molar-refractivity contribution is 5.97. The minimum absolute atomic E-state index is 0.0472. The molecule has 0 radical (unpaired) electrons. The van der Waals surface area contributed by atoms with E-state index in [0.717, 1.165) is 22.0 Å². The summed E-state index contributed by atoms with van der Waals surface area (Å²) in [5.74, 6) is 0.000672. The molecule has 0 aromatic heterocycles. The molecule has 0 bridgehead atoms. The lowest BCUT2D eigenvalue weighted by Gasteiger charge is -2.17. The van der Waals surface area contributed by atoms with Gasteiger partial charge in [-0.2, -0.15) is 0 Å². The van der Waals surface area contributed by atoms with Crippen LogP contribution in [0.25, 0.3) is 10.8 Å². The fraction of sp³-hybridized carbons (Fsp3) is 0.182. The zero-order chi connectivity index (χ0) is 17.9. The number of hydrogen-bond donors (Lipinski definition) is 1. The smallest absolute Gasteiger partial charge is 0.229 e. The highest BCUT2D eigenvalue weighted by atomic mass is 16.2. The largest absolute Gasteiger partial charge is 0.351 e. The van der Waals surface area contributed by atoms with Gasteiger partial charge in [0.25, 0.3) is 0 Å². The van der Waals surface area contributed by atoms with Crippen LogP contribution in [0.1, 0.15) is 12.0 Å². The summed E-state index contributed by atoms with van der Waals surface area (Å²) in [6.07, 6.45) is 0.660. The van der Waals surface area contributed by atoms with Crippen molar-refractivity contribution in [2.75, 3.05) is 11.4 Å². The minimum atomic E-state index is -0.148. The Hall–Kier alpha value is -3.14. The molecule has 1 unspecified atom stereocenters. The minimum Gasteiger partial charge on any atom is -0.351 e. The predicted molar refractivity (Wildman–Crippen MR) is 103 cm³/mol. The third-order valence-corrected chi connectivity index (χ3v) is 4.79. The van der Waals surface area contributed by atoms with Crippen molar-refractivity contribution in [3.8, 4) is 0 Å². The number of rotatable bonds is 4. The van der Waals surface area contributed by atoms with E-state index in [2.05, 4.69) is 5.32 Å². The van der Waals surface area contributed by atoms with Crippen LogP contribution >= 0.6 is 0 Å². The van der Waals surface area contributed by atoms with Crippen LogP contribution in [0.15, 0.2) is 72.8 Å². The maximum absolute atomic E-state index is 12.5. The molecule has 1 aliphatic rings. The maximum atomic E-state index is 12.5. The number of nitrogens with one attached hydrogen (secondary N) is 1. The summed E-state index contributed by atoms with van der Waals surface area (Å²) >= 11 is 0. The third kappa shape index (κ3) is 3.31. The van der Waals surface area contributed by atoms with Crippen molar-refractivity contribution < 1.29 is 9.59 Å². The second-order valence-electron chi connectivity index (χ2n) is 6.62. The molecule has 2 amide bonds. The first-order valence-corrected chi connectivity index (χ1v) is 8.82. The highest BCUT2D eigenvalue weighted by Gasteiger charge is 2.31. The average Bonchev–Trinajstić information content (AvgIpc) is 3.03. The molecule has 1 aliphatic heterocycles. The summed E-state index contributed by atoms with van der Waals surface area (Å²) in [6, 6.07) is 23.5. The van der Waals surface area contributed by atoms with Crippen LogP contribution < -0.4 is 10.2 Å². The van der Waals surface area contributed by atoms with Gasteiger partial charge < -0.3 is 10.2 Å². The van der Waals surface area contributed by atoms with Gasteiger partial charge in [-0.05, 0) is 28.5 Å². The number of carbonyl (C=O) groups is 2. The van der Waals surface area contributed by atoms with E-state index in [-0.39, 0.29) is 17.9 Å². The molecule has 0 saturated carbocycles. The molecule has 4 rings (SSSR count). The second-order valence-corrected chi connectivity index (χ2v) is 6.62. The van der Waals surface area contributed by atoms with Crippen LogP contribution in [-0.2, 0) is 16.0 Å². The molecular formula is C22H20N2O2. The first kappa shape index (κ1) is 16.3. The molecule has 0 aliphatic carbocycles. The van der Waals surface area contributed by atoms with Gasteiger partial charge in [-0.25, -0.2) is 0 Å².